The van der Waals surface area contributed by atoms with Crippen molar-refractivity contribution in [3.63, 3.8) is 0 Å². The molecule has 0 bridgehead atoms. The summed E-state index contributed by atoms with van der Waals surface area (Å²) in [5.41, 5.74) is 4.03. The van der Waals surface area contributed by atoms with E-state index in [0.29, 0.717) is 18.8 Å². The Kier molecular flexibility index (Phi) is 4.58. The maximum absolute atomic E-state index is 11.3. The molecular formula is C12H23NO2. The van der Waals surface area contributed by atoms with Crippen LogP contribution in [0.2, 0.25) is 0 Å². The van der Waals surface area contributed by atoms with E-state index < -0.39 is 11.5 Å². The second kappa shape index (κ2) is 5.50. The first kappa shape index (κ1) is 12.5. The first-order valence-electron chi connectivity index (χ1n) is 6.11. The van der Waals surface area contributed by atoms with Gasteiger partial charge in [0.15, 0.2) is 0 Å². The number of hydrogen-bond acceptors (Lipinski definition) is 2. The molecule has 3 heteroatoms. The summed E-state index contributed by atoms with van der Waals surface area (Å²) in [5.74, 6) is -0.0577. The van der Waals surface area contributed by atoms with E-state index in [1.165, 1.54) is 19.3 Å². The van der Waals surface area contributed by atoms with Crippen LogP contribution < -0.4 is 5.73 Å². The van der Waals surface area contributed by atoms with Gasteiger partial charge in [-0.15, -0.1) is 0 Å². The van der Waals surface area contributed by atoms with Crippen LogP contribution in [0.3, 0.4) is 0 Å². The van der Waals surface area contributed by atoms with Crippen LogP contribution in [0.15, 0.2) is 0 Å². The highest BCUT2D eigenvalue weighted by atomic mass is 16.3. The maximum Gasteiger partial charge on any atom is 0.249 e. The lowest BCUT2D eigenvalue weighted by molar-refractivity contribution is -0.139. The standard InChI is InChI=1S/C12H23NO2/c1-2-8-12(15,11(13)14)9-10-6-4-3-5-7-10/h10,15H,2-9H2,1H3,(H2,13,14). The highest BCUT2D eigenvalue weighted by molar-refractivity contribution is 5.83. The molecule has 1 aliphatic carbocycles. The van der Waals surface area contributed by atoms with Crippen LogP contribution in [0.25, 0.3) is 0 Å². The lowest BCUT2D eigenvalue weighted by atomic mass is 9.79. The van der Waals surface area contributed by atoms with Gasteiger partial charge in [0.25, 0.3) is 0 Å². The molecule has 1 atom stereocenters. The first-order chi connectivity index (χ1) is 7.08. The average Bonchev–Trinajstić information content (AvgIpc) is 2.19. The molecule has 0 aromatic rings. The molecule has 1 unspecified atom stereocenters. The summed E-state index contributed by atoms with van der Waals surface area (Å²) in [7, 11) is 0. The smallest absolute Gasteiger partial charge is 0.249 e. The number of aliphatic hydroxyl groups is 1. The zero-order chi connectivity index (χ0) is 11.3. The lowest BCUT2D eigenvalue weighted by Crippen LogP contribution is -2.45. The van der Waals surface area contributed by atoms with E-state index >= 15 is 0 Å². The van der Waals surface area contributed by atoms with Crippen molar-refractivity contribution in [3.05, 3.63) is 0 Å². The molecule has 0 radical (unpaired) electrons. The first-order valence-corrected chi connectivity index (χ1v) is 6.11. The number of carbonyl (C=O) groups is 1. The van der Waals surface area contributed by atoms with E-state index in [1.54, 1.807) is 0 Å². The highest BCUT2D eigenvalue weighted by Crippen LogP contribution is 2.32. The number of carbonyl (C=O) groups excluding carboxylic acids is 1. The fraction of sp³-hybridized carbons (Fsp3) is 0.917. The fourth-order valence-corrected chi connectivity index (χ4v) is 2.61. The molecule has 15 heavy (non-hydrogen) atoms. The third-order valence-corrected chi connectivity index (χ3v) is 3.47. The molecule has 1 aliphatic rings. The van der Waals surface area contributed by atoms with Crippen LogP contribution in [0.4, 0.5) is 0 Å². The molecule has 0 saturated heterocycles. The number of rotatable bonds is 5. The minimum Gasteiger partial charge on any atom is -0.380 e. The number of nitrogens with two attached hydrogens (primary N) is 1. The Morgan fingerprint density at radius 3 is 2.47 bits per heavy atom. The number of hydrogen-bond donors (Lipinski definition) is 2. The SMILES string of the molecule is CCCC(O)(CC1CCCCC1)C(N)=O. The molecule has 0 aromatic carbocycles. The van der Waals surface area contributed by atoms with Gasteiger partial charge in [-0.25, -0.2) is 0 Å². The average molecular weight is 213 g/mol. The van der Waals surface area contributed by atoms with E-state index in [4.69, 9.17) is 5.73 Å². The Balaban J connectivity index is 2.52. The van der Waals surface area contributed by atoms with E-state index in [9.17, 15) is 9.90 Å². The van der Waals surface area contributed by atoms with Crippen LogP contribution in [0.5, 0.6) is 0 Å². The van der Waals surface area contributed by atoms with Gasteiger partial charge in [0.2, 0.25) is 5.91 Å². The van der Waals surface area contributed by atoms with Crippen LogP contribution in [-0.4, -0.2) is 16.6 Å². The van der Waals surface area contributed by atoms with Gasteiger partial charge in [-0.1, -0.05) is 45.4 Å². The third kappa shape index (κ3) is 3.49. The van der Waals surface area contributed by atoms with Crippen LogP contribution >= 0.6 is 0 Å². The summed E-state index contributed by atoms with van der Waals surface area (Å²) >= 11 is 0. The topological polar surface area (TPSA) is 63.3 Å². The van der Waals surface area contributed by atoms with Crippen molar-refractivity contribution in [3.8, 4) is 0 Å². The van der Waals surface area contributed by atoms with E-state index in [1.807, 2.05) is 6.92 Å². The van der Waals surface area contributed by atoms with Crippen molar-refractivity contribution in [2.75, 3.05) is 0 Å². The van der Waals surface area contributed by atoms with Gasteiger partial charge < -0.3 is 10.8 Å². The molecule has 3 nitrogen and oxygen atoms in total. The highest BCUT2D eigenvalue weighted by Gasteiger charge is 2.35. The Morgan fingerprint density at radius 1 is 1.40 bits per heavy atom. The molecule has 1 rings (SSSR count). The van der Waals surface area contributed by atoms with Crippen molar-refractivity contribution >= 4 is 5.91 Å². The Bertz CT molecular complexity index is 212. The molecule has 0 aliphatic heterocycles. The van der Waals surface area contributed by atoms with Crippen molar-refractivity contribution < 1.29 is 9.90 Å². The summed E-state index contributed by atoms with van der Waals surface area (Å²) < 4.78 is 0. The van der Waals surface area contributed by atoms with Crippen molar-refractivity contribution in [1.29, 1.82) is 0 Å². The van der Waals surface area contributed by atoms with E-state index in [0.717, 1.165) is 19.3 Å². The summed E-state index contributed by atoms with van der Waals surface area (Å²) in [6.45, 7) is 1.97. The van der Waals surface area contributed by atoms with Crippen molar-refractivity contribution in [2.45, 2.75) is 63.9 Å². The molecule has 1 saturated carbocycles. The molecule has 1 fully saturated rings. The summed E-state index contributed by atoms with van der Waals surface area (Å²) in [6, 6.07) is 0. The molecule has 0 aromatic heterocycles. The minimum atomic E-state index is -1.25. The van der Waals surface area contributed by atoms with Crippen LogP contribution in [0.1, 0.15) is 58.3 Å². The van der Waals surface area contributed by atoms with Gasteiger partial charge in [-0.2, -0.15) is 0 Å². The minimum absolute atomic E-state index is 0.489. The monoisotopic (exact) mass is 213 g/mol. The van der Waals surface area contributed by atoms with Crippen molar-refractivity contribution in [1.82, 2.24) is 0 Å². The largest absolute Gasteiger partial charge is 0.380 e. The van der Waals surface area contributed by atoms with Gasteiger partial charge in [-0.05, 0) is 18.8 Å². The van der Waals surface area contributed by atoms with E-state index in [-0.39, 0.29) is 0 Å². The van der Waals surface area contributed by atoms with Crippen LogP contribution in [0, 0.1) is 5.92 Å². The third-order valence-electron chi connectivity index (χ3n) is 3.47. The Morgan fingerprint density at radius 2 is 2.00 bits per heavy atom. The summed E-state index contributed by atoms with van der Waals surface area (Å²) in [5, 5.41) is 10.2. The molecule has 0 spiro atoms. The summed E-state index contributed by atoms with van der Waals surface area (Å²) in [4.78, 5) is 11.3. The molecular weight excluding hydrogens is 190 g/mol. The predicted molar refractivity (Wildman–Crippen MR) is 60.2 cm³/mol. The van der Waals surface area contributed by atoms with Gasteiger partial charge >= 0.3 is 0 Å². The molecule has 3 N–H and O–H groups in total. The number of primary amides is 1. The lowest BCUT2D eigenvalue weighted by Gasteiger charge is -2.31. The number of amides is 1. The van der Waals surface area contributed by atoms with Gasteiger partial charge in [0.1, 0.15) is 5.60 Å². The predicted octanol–water partition coefficient (Wildman–Crippen LogP) is 1.97. The molecule has 0 heterocycles. The molecule has 1 amide bonds. The van der Waals surface area contributed by atoms with Crippen LogP contribution in [-0.2, 0) is 4.79 Å². The van der Waals surface area contributed by atoms with Gasteiger partial charge in [-0.3, -0.25) is 4.79 Å². The second-order valence-corrected chi connectivity index (χ2v) is 4.85. The Hall–Kier alpha value is -0.570. The van der Waals surface area contributed by atoms with E-state index in [2.05, 4.69) is 0 Å². The maximum atomic E-state index is 11.3. The quantitative estimate of drug-likeness (QED) is 0.733. The summed E-state index contributed by atoms with van der Waals surface area (Å²) in [6.07, 6.45) is 7.89. The fourth-order valence-electron chi connectivity index (χ4n) is 2.61. The zero-order valence-electron chi connectivity index (χ0n) is 9.67. The van der Waals surface area contributed by atoms with Gasteiger partial charge in [0.05, 0.1) is 0 Å². The Labute approximate surface area is 92.0 Å². The zero-order valence-corrected chi connectivity index (χ0v) is 9.67. The van der Waals surface area contributed by atoms with Gasteiger partial charge in [0, 0.05) is 0 Å². The van der Waals surface area contributed by atoms with Crippen molar-refractivity contribution in [2.24, 2.45) is 11.7 Å². The second-order valence-electron chi connectivity index (χ2n) is 4.85. The normalized spacial score (nSPS) is 22.3. The molecule has 88 valence electrons.